The Morgan fingerprint density at radius 2 is 0.765 bits per heavy atom. The third kappa shape index (κ3) is 10.1. The van der Waals surface area contributed by atoms with Gasteiger partial charge in [-0.05, 0) is 177 Å². The van der Waals surface area contributed by atoms with Gasteiger partial charge in [-0.25, -0.2) is 26.3 Å². The van der Waals surface area contributed by atoms with Crippen LogP contribution in [0.1, 0.15) is 5.56 Å². The van der Waals surface area contributed by atoms with Crippen LogP contribution in [-0.4, -0.2) is 13.4 Å². The van der Waals surface area contributed by atoms with E-state index in [1.165, 1.54) is 64.0 Å². The molecule has 0 radical (unpaired) electrons. The summed E-state index contributed by atoms with van der Waals surface area (Å²) in [5, 5.41) is 0. The van der Waals surface area contributed by atoms with E-state index >= 15 is 26.3 Å². The van der Waals surface area contributed by atoms with Crippen molar-refractivity contribution in [1.82, 2.24) is 0 Å². The van der Waals surface area contributed by atoms with Crippen LogP contribution >= 0.6 is 11.8 Å². The maximum Gasteiger partial charge on any atom is 0.416 e. The Balaban J connectivity index is 0.931. The zero-order chi connectivity index (χ0) is 69.2. The highest BCUT2D eigenvalue weighted by atomic mass is 32.2. The molecule has 0 amide bonds. The Morgan fingerprint density at radius 1 is 0.304 bits per heavy atom. The molecule has 18 rings (SSSR count). The molecule has 0 aliphatic carbocycles. The first-order valence-electron chi connectivity index (χ1n) is 33.0. The van der Waals surface area contributed by atoms with E-state index in [9.17, 15) is 13.2 Å². The average Bonchev–Trinajstić information content (AvgIpc) is 0.688. The Kier molecular flexibility index (Phi) is 14.9. The molecule has 0 fully saturated rings. The van der Waals surface area contributed by atoms with Crippen LogP contribution < -0.4 is 57.3 Å². The number of rotatable bonds is 11. The van der Waals surface area contributed by atoms with Gasteiger partial charge in [0.1, 0.15) is 52.0 Å². The van der Waals surface area contributed by atoms with Gasteiger partial charge >= 0.3 is 6.18 Å². The molecule has 102 heavy (non-hydrogen) atoms. The monoisotopic (exact) mass is 1370 g/mol. The topological polar surface area (TPSA) is 16.2 Å². The maximum atomic E-state index is 17.2. The van der Waals surface area contributed by atoms with Crippen molar-refractivity contribution in [2.45, 2.75) is 16.0 Å². The minimum Gasteiger partial charge on any atom is -0.311 e. The predicted octanol–water partition coefficient (Wildman–Crippen LogP) is 20.7. The molecule has 5 nitrogen and oxygen atoms in total. The largest absolute Gasteiger partial charge is 0.416 e. The molecule has 0 bridgehead atoms. The minimum atomic E-state index is -4.74. The van der Waals surface area contributed by atoms with E-state index in [0.717, 1.165) is 85.8 Å². The van der Waals surface area contributed by atoms with Crippen LogP contribution in [0.2, 0.25) is 0 Å². The van der Waals surface area contributed by atoms with Gasteiger partial charge in [0.2, 0.25) is 6.71 Å². The third-order valence-electron chi connectivity index (χ3n) is 19.7. The molecule has 0 saturated heterocycles. The highest BCUT2D eigenvalue weighted by Gasteiger charge is 2.49. The number of fused-ring (bicyclic) bond motifs is 8. The number of anilines is 15. The van der Waals surface area contributed by atoms with Crippen LogP contribution in [0.5, 0.6) is 0 Å². The number of halogens is 9. The lowest BCUT2D eigenvalue weighted by atomic mass is 9.31. The van der Waals surface area contributed by atoms with Gasteiger partial charge in [0, 0.05) is 72.2 Å². The molecule has 14 aromatic rings. The fourth-order valence-corrected chi connectivity index (χ4v) is 16.6. The van der Waals surface area contributed by atoms with E-state index < -0.39 is 71.4 Å². The van der Waals surface area contributed by atoms with Crippen molar-refractivity contribution in [2.24, 2.45) is 0 Å². The maximum absolute atomic E-state index is 17.2. The van der Waals surface area contributed by atoms with E-state index in [-0.39, 0.29) is 22.7 Å². The fourth-order valence-electron chi connectivity index (χ4n) is 15.4. The van der Waals surface area contributed by atoms with Crippen LogP contribution in [0.3, 0.4) is 0 Å². The molecule has 4 aliphatic rings. The molecule has 0 spiro atoms. The Bertz CT molecular complexity index is 5640. The molecule has 0 saturated carbocycles. The molecule has 0 atom stereocenters. The minimum absolute atomic E-state index is 0.128. The van der Waals surface area contributed by atoms with Crippen molar-refractivity contribution in [3.8, 4) is 22.3 Å². The van der Waals surface area contributed by atoms with Gasteiger partial charge < -0.3 is 24.5 Å². The standard InChI is InChI=1S/C85H50B2F9N5S/c88-65-28-16-29-66(89)82(65)98(55-23-8-3-9-24-55)58-45-75-80-76(46-58)100(83-67(90)30-17-31-68(83)91)72-35-14-11-26-61(72)86(80)63-49-64-78(50-74(63)99(75)57-43-39-54(40-44-57)85(94,95)96)102-79-48-59(47-77-81(79)87(64)62-27-12-15-36-73(62)101(77)84-69(92)32-18-33-70(84)93)97(56-41-37-52(38-42-56)51-19-4-1-5-20-51)71-34-13-10-25-60(71)53-21-6-2-7-22-53/h1-50H. The average molecular weight is 1370 g/mol. The van der Waals surface area contributed by atoms with E-state index in [0.29, 0.717) is 66.6 Å². The number of para-hydroxylation sites is 7. The van der Waals surface area contributed by atoms with Crippen molar-refractivity contribution >= 4 is 143 Å². The van der Waals surface area contributed by atoms with Crippen LogP contribution in [-0.2, 0) is 6.18 Å². The van der Waals surface area contributed by atoms with Gasteiger partial charge in [-0.3, -0.25) is 0 Å². The first-order chi connectivity index (χ1) is 49.7. The highest BCUT2D eigenvalue weighted by molar-refractivity contribution is 8.00. The lowest BCUT2D eigenvalue weighted by Gasteiger charge is -2.46. The summed E-state index contributed by atoms with van der Waals surface area (Å²) in [7, 11) is 0. The van der Waals surface area contributed by atoms with Gasteiger partial charge in [-0.1, -0.05) is 187 Å². The van der Waals surface area contributed by atoms with Crippen LogP contribution in [0.4, 0.5) is 125 Å². The van der Waals surface area contributed by atoms with E-state index in [1.807, 2.05) is 132 Å². The second-order valence-electron chi connectivity index (χ2n) is 25.4. The van der Waals surface area contributed by atoms with Crippen molar-refractivity contribution in [3.63, 3.8) is 0 Å². The second-order valence-corrected chi connectivity index (χ2v) is 26.5. The molecule has 14 aromatic carbocycles. The summed E-state index contributed by atoms with van der Waals surface area (Å²) in [6.07, 6.45) is -4.74. The first-order valence-corrected chi connectivity index (χ1v) is 33.8. The number of alkyl halides is 3. The SMILES string of the molecule is Fc1cccc(F)c1N(c1ccccc1)c1cc2c3c(c1)N(c1c(F)cccc1F)c1ccccc1B3c1cc3c(cc1N2c1ccc(C(F)(F)F)cc1)Sc1cc(N(c2ccc(-c4ccccc4)cc2)c2ccccc2-c2ccccc2)cc2c1B3c1ccccc1N2c1c(F)cccc1F. The molecular formula is C85H50B2F9N5S. The van der Waals surface area contributed by atoms with Crippen molar-refractivity contribution < 1.29 is 39.5 Å². The van der Waals surface area contributed by atoms with E-state index in [2.05, 4.69) is 47.4 Å². The number of nitrogens with zero attached hydrogens (tertiary/aromatic N) is 5. The van der Waals surface area contributed by atoms with E-state index in [1.54, 1.807) is 59.5 Å². The summed E-state index contributed by atoms with van der Waals surface area (Å²) in [5.41, 5.74) is 10.9. The normalized spacial score (nSPS) is 13.0. The van der Waals surface area contributed by atoms with Gasteiger partial charge in [0.25, 0.3) is 6.71 Å². The molecule has 4 heterocycles. The first kappa shape index (κ1) is 62.2. The lowest BCUT2D eigenvalue weighted by molar-refractivity contribution is -0.137. The van der Waals surface area contributed by atoms with E-state index in [4.69, 9.17) is 0 Å². The summed E-state index contributed by atoms with van der Waals surface area (Å²) < 4.78 is 147. The summed E-state index contributed by atoms with van der Waals surface area (Å²) >= 11 is 1.43. The quantitative estimate of drug-likeness (QED) is 0.0941. The Labute approximate surface area is 586 Å². The number of hydrogen-bond donors (Lipinski definition) is 0. The summed E-state index contributed by atoms with van der Waals surface area (Å²) in [5.74, 6) is -5.30. The molecular weight excluding hydrogens is 1320 g/mol. The molecule has 0 aromatic heterocycles. The van der Waals surface area contributed by atoms with Crippen molar-refractivity contribution in [1.29, 1.82) is 0 Å². The summed E-state index contributed by atoms with van der Waals surface area (Å²) in [6.45, 7) is -1.49. The van der Waals surface area contributed by atoms with Crippen molar-refractivity contribution in [3.05, 3.63) is 344 Å². The zero-order valence-electron chi connectivity index (χ0n) is 53.6. The van der Waals surface area contributed by atoms with Crippen molar-refractivity contribution in [2.75, 3.05) is 24.5 Å². The number of benzene rings is 14. The molecule has 0 N–H and O–H groups in total. The van der Waals surface area contributed by atoms with Gasteiger partial charge in [0.15, 0.2) is 0 Å². The summed E-state index contributed by atoms with van der Waals surface area (Å²) in [4.78, 5) is 9.94. The van der Waals surface area contributed by atoms with Gasteiger partial charge in [-0.15, -0.1) is 0 Å². The second kappa shape index (κ2) is 24.4. The van der Waals surface area contributed by atoms with Gasteiger partial charge in [0.05, 0.1) is 16.9 Å². The molecule has 490 valence electrons. The Hall–Kier alpha value is -12.1. The smallest absolute Gasteiger partial charge is 0.311 e. The number of hydrogen-bond acceptors (Lipinski definition) is 6. The molecule has 0 unspecified atom stereocenters. The van der Waals surface area contributed by atoms with Crippen LogP contribution in [0.15, 0.2) is 313 Å². The fraction of sp³-hybridized carbons (Fsp3) is 0.0118. The van der Waals surface area contributed by atoms with Crippen LogP contribution in [0.25, 0.3) is 22.3 Å². The van der Waals surface area contributed by atoms with Crippen LogP contribution in [0, 0.1) is 34.9 Å². The zero-order valence-corrected chi connectivity index (χ0v) is 54.4. The Morgan fingerprint density at radius 3 is 1.34 bits per heavy atom. The predicted molar refractivity (Wildman–Crippen MR) is 395 cm³/mol. The lowest BCUT2D eigenvalue weighted by Crippen LogP contribution is -2.64. The summed E-state index contributed by atoms with van der Waals surface area (Å²) in [6, 6.07) is 86.8. The highest BCUT2D eigenvalue weighted by Crippen LogP contribution is 2.53. The van der Waals surface area contributed by atoms with Gasteiger partial charge in [-0.2, -0.15) is 13.2 Å². The molecule has 4 aliphatic heterocycles. The third-order valence-corrected chi connectivity index (χ3v) is 20.8. The molecule has 17 heteroatoms.